The molecule has 0 amide bonds. The second-order valence-electron chi connectivity index (χ2n) is 4.50. The Kier molecular flexibility index (Phi) is 3.45. The van der Waals surface area contributed by atoms with Crippen LogP contribution < -0.4 is 5.32 Å². The lowest BCUT2D eigenvalue weighted by Gasteiger charge is -2.20. The highest BCUT2D eigenvalue weighted by Crippen LogP contribution is 2.25. The van der Waals surface area contributed by atoms with Gasteiger partial charge in [0.15, 0.2) is 0 Å². The Balaban J connectivity index is 2.03. The first-order valence-electron chi connectivity index (χ1n) is 5.95. The number of nitrogens with one attached hydrogen (secondary N) is 1. The summed E-state index contributed by atoms with van der Waals surface area (Å²) in [7, 11) is 1.90. The van der Waals surface area contributed by atoms with Gasteiger partial charge in [-0.05, 0) is 12.8 Å². The number of anilines is 1. The van der Waals surface area contributed by atoms with E-state index in [0.29, 0.717) is 0 Å². The minimum atomic E-state index is 0.129. The molecule has 2 atom stereocenters. The quantitative estimate of drug-likeness (QED) is 0.775. The molecule has 0 aliphatic heterocycles. The molecule has 0 aromatic carbocycles. The van der Waals surface area contributed by atoms with Crippen molar-refractivity contribution in [2.24, 2.45) is 13.0 Å². The lowest BCUT2D eigenvalue weighted by molar-refractivity contribution is 0.512. The molecule has 86 valence electrons. The molecule has 1 N–H and O–H groups in total. The number of aromatic nitrogens is 2. The summed E-state index contributed by atoms with van der Waals surface area (Å²) in [6, 6.07) is 4.65. The monoisotopic (exact) mass is 218 g/mol. The van der Waals surface area contributed by atoms with Crippen LogP contribution in [0.25, 0.3) is 0 Å². The van der Waals surface area contributed by atoms with Gasteiger partial charge < -0.3 is 5.32 Å². The number of hydrogen-bond acceptors (Lipinski definition) is 3. The predicted molar refractivity (Wildman–Crippen MR) is 62.8 cm³/mol. The van der Waals surface area contributed by atoms with Gasteiger partial charge in [-0.25, -0.2) is 0 Å². The van der Waals surface area contributed by atoms with E-state index in [9.17, 15) is 0 Å². The Morgan fingerprint density at radius 3 is 2.94 bits per heavy atom. The summed E-state index contributed by atoms with van der Waals surface area (Å²) in [5.74, 6) is 1.01. The highest BCUT2D eigenvalue weighted by molar-refractivity contribution is 5.34. The van der Waals surface area contributed by atoms with Gasteiger partial charge in [0, 0.05) is 25.4 Å². The lowest BCUT2D eigenvalue weighted by Crippen LogP contribution is -2.27. The fourth-order valence-corrected chi connectivity index (χ4v) is 2.32. The zero-order valence-electron chi connectivity index (χ0n) is 9.69. The van der Waals surface area contributed by atoms with Crippen LogP contribution in [0.2, 0.25) is 0 Å². The Morgan fingerprint density at radius 1 is 1.44 bits per heavy atom. The number of nitriles is 1. The molecule has 1 saturated carbocycles. The van der Waals surface area contributed by atoms with E-state index in [-0.39, 0.29) is 12.0 Å². The van der Waals surface area contributed by atoms with Crippen molar-refractivity contribution in [2.75, 3.05) is 5.32 Å². The van der Waals surface area contributed by atoms with Gasteiger partial charge in [-0.2, -0.15) is 10.4 Å². The number of nitrogens with zero attached hydrogens (tertiary/aromatic N) is 3. The fraction of sp³-hybridized carbons (Fsp3) is 0.667. The predicted octanol–water partition coefficient (Wildman–Crippen LogP) is 2.30. The van der Waals surface area contributed by atoms with Crippen LogP contribution >= 0.6 is 0 Å². The molecule has 1 aromatic heterocycles. The highest BCUT2D eigenvalue weighted by Gasteiger charge is 2.23. The van der Waals surface area contributed by atoms with Crippen LogP contribution in [-0.2, 0) is 7.05 Å². The van der Waals surface area contributed by atoms with E-state index >= 15 is 0 Å². The first kappa shape index (κ1) is 11.0. The molecular weight excluding hydrogens is 200 g/mol. The van der Waals surface area contributed by atoms with E-state index in [1.165, 1.54) is 19.3 Å². The number of aryl methyl sites for hydroxylation is 1. The van der Waals surface area contributed by atoms with Gasteiger partial charge in [-0.3, -0.25) is 4.68 Å². The maximum absolute atomic E-state index is 9.15. The first-order valence-corrected chi connectivity index (χ1v) is 5.95. The molecule has 4 nitrogen and oxygen atoms in total. The molecule has 1 aromatic rings. The van der Waals surface area contributed by atoms with Gasteiger partial charge in [-0.1, -0.05) is 19.3 Å². The maximum atomic E-state index is 9.15. The molecular formula is C12H18N4. The van der Waals surface area contributed by atoms with Crippen molar-refractivity contribution in [1.82, 2.24) is 9.78 Å². The molecule has 2 rings (SSSR count). The van der Waals surface area contributed by atoms with Gasteiger partial charge >= 0.3 is 0 Å². The second kappa shape index (κ2) is 5.02. The average molecular weight is 218 g/mol. The van der Waals surface area contributed by atoms with Crippen LogP contribution in [-0.4, -0.2) is 15.8 Å². The fourth-order valence-electron chi connectivity index (χ4n) is 2.32. The molecule has 1 aliphatic rings. The van der Waals surface area contributed by atoms with E-state index in [0.717, 1.165) is 18.7 Å². The summed E-state index contributed by atoms with van der Waals surface area (Å²) < 4.78 is 1.78. The van der Waals surface area contributed by atoms with Gasteiger partial charge in [0.2, 0.25) is 0 Å². The number of rotatable bonds is 2. The van der Waals surface area contributed by atoms with Crippen molar-refractivity contribution in [3.05, 3.63) is 12.3 Å². The Bertz CT molecular complexity index is 377. The van der Waals surface area contributed by atoms with Crippen molar-refractivity contribution < 1.29 is 0 Å². The van der Waals surface area contributed by atoms with Crippen molar-refractivity contribution in [3.8, 4) is 6.07 Å². The highest BCUT2D eigenvalue weighted by atomic mass is 15.3. The first-order chi connectivity index (χ1) is 7.79. The lowest BCUT2D eigenvalue weighted by atomic mass is 9.96. The van der Waals surface area contributed by atoms with Crippen LogP contribution in [0.5, 0.6) is 0 Å². The third-order valence-corrected chi connectivity index (χ3v) is 3.23. The van der Waals surface area contributed by atoms with E-state index < -0.39 is 0 Å². The molecule has 1 heterocycles. The van der Waals surface area contributed by atoms with Crippen molar-refractivity contribution in [2.45, 2.75) is 38.1 Å². The maximum Gasteiger partial charge on any atom is 0.148 e. The zero-order valence-corrected chi connectivity index (χ0v) is 9.69. The minimum absolute atomic E-state index is 0.129. The normalized spacial score (nSPS) is 25.8. The smallest absolute Gasteiger partial charge is 0.148 e. The molecule has 16 heavy (non-hydrogen) atoms. The molecule has 0 bridgehead atoms. The van der Waals surface area contributed by atoms with Gasteiger partial charge in [0.05, 0.1) is 12.0 Å². The van der Waals surface area contributed by atoms with Crippen LogP contribution in [0.15, 0.2) is 12.3 Å². The molecule has 1 fully saturated rings. The Morgan fingerprint density at radius 2 is 2.25 bits per heavy atom. The standard InChI is InChI=1S/C12H18N4/c1-16-8-7-12(15-16)14-11-6-4-2-3-5-10(11)9-13/h7-8,10-11H,2-6H2,1H3,(H,14,15). The van der Waals surface area contributed by atoms with Crippen LogP contribution in [0.1, 0.15) is 32.1 Å². The van der Waals surface area contributed by atoms with Crippen molar-refractivity contribution >= 4 is 5.82 Å². The molecule has 0 saturated heterocycles. The SMILES string of the molecule is Cn1ccc(NC2CCCCCC2C#N)n1. The van der Waals surface area contributed by atoms with Crippen molar-refractivity contribution in [3.63, 3.8) is 0 Å². The van der Waals surface area contributed by atoms with Gasteiger partial charge in [-0.15, -0.1) is 0 Å². The summed E-state index contributed by atoms with van der Waals surface area (Å²) in [5.41, 5.74) is 0. The van der Waals surface area contributed by atoms with E-state index in [4.69, 9.17) is 5.26 Å². The zero-order chi connectivity index (χ0) is 11.4. The third kappa shape index (κ3) is 2.54. The molecule has 2 unspecified atom stereocenters. The van der Waals surface area contributed by atoms with Crippen LogP contribution in [0, 0.1) is 17.2 Å². The van der Waals surface area contributed by atoms with E-state index in [1.54, 1.807) is 4.68 Å². The third-order valence-electron chi connectivity index (χ3n) is 3.23. The van der Waals surface area contributed by atoms with Crippen LogP contribution in [0.3, 0.4) is 0 Å². The molecule has 0 spiro atoms. The Labute approximate surface area is 96.3 Å². The number of hydrogen-bond donors (Lipinski definition) is 1. The summed E-state index contributed by atoms with van der Waals surface area (Å²) in [6.07, 6.45) is 7.65. The average Bonchev–Trinajstić information content (AvgIpc) is 2.56. The summed E-state index contributed by atoms with van der Waals surface area (Å²) >= 11 is 0. The van der Waals surface area contributed by atoms with Gasteiger partial charge in [0.1, 0.15) is 5.82 Å². The van der Waals surface area contributed by atoms with Crippen LogP contribution in [0.4, 0.5) is 5.82 Å². The molecule has 0 radical (unpaired) electrons. The summed E-state index contributed by atoms with van der Waals surface area (Å²) in [6.45, 7) is 0. The molecule has 4 heteroatoms. The van der Waals surface area contributed by atoms with E-state index in [2.05, 4.69) is 16.5 Å². The largest absolute Gasteiger partial charge is 0.365 e. The Hall–Kier alpha value is -1.50. The second-order valence-corrected chi connectivity index (χ2v) is 4.50. The van der Waals surface area contributed by atoms with E-state index in [1.807, 2.05) is 19.3 Å². The van der Waals surface area contributed by atoms with Crippen molar-refractivity contribution in [1.29, 1.82) is 5.26 Å². The summed E-state index contributed by atoms with van der Waals surface area (Å²) in [4.78, 5) is 0. The molecule has 1 aliphatic carbocycles. The topological polar surface area (TPSA) is 53.6 Å². The summed E-state index contributed by atoms with van der Waals surface area (Å²) in [5, 5.41) is 16.8. The van der Waals surface area contributed by atoms with Gasteiger partial charge in [0.25, 0.3) is 0 Å². The minimum Gasteiger partial charge on any atom is -0.365 e.